The highest BCUT2D eigenvalue weighted by atomic mass is 16.5. The first-order valence-corrected chi connectivity index (χ1v) is 9.26. The molecule has 0 fully saturated rings. The second kappa shape index (κ2) is 7.43. The number of anilines is 1. The Bertz CT molecular complexity index is 1100. The van der Waals surface area contributed by atoms with E-state index < -0.39 is 5.97 Å². The SMILES string of the molecule is COC(=O)c1ccc(C(=O)N2CCc3[nH]c(C)nc3-c3ccccc32)cc1OC. The molecule has 1 aliphatic heterocycles. The zero-order chi connectivity index (χ0) is 20.5. The molecule has 0 spiro atoms. The standard InChI is InChI=1S/C22H21N3O4/c1-13-23-17-10-11-25(18-7-5-4-6-15(18)20(17)24-13)21(26)14-8-9-16(22(27)29-3)19(12-14)28-2/h4-9,12H,10-11H2,1-3H3,(H,23,24). The number of amides is 1. The molecule has 0 unspecified atom stereocenters. The van der Waals surface area contributed by atoms with E-state index in [0.717, 1.165) is 28.5 Å². The number of aromatic nitrogens is 2. The van der Waals surface area contributed by atoms with E-state index in [0.29, 0.717) is 24.3 Å². The molecular formula is C22H21N3O4. The van der Waals surface area contributed by atoms with Gasteiger partial charge in [0.05, 0.1) is 25.6 Å². The summed E-state index contributed by atoms with van der Waals surface area (Å²) < 4.78 is 10.1. The quantitative estimate of drug-likeness (QED) is 0.692. The highest BCUT2D eigenvalue weighted by Crippen LogP contribution is 2.36. The van der Waals surface area contributed by atoms with Crippen LogP contribution in [0.3, 0.4) is 0 Å². The van der Waals surface area contributed by atoms with Crippen molar-refractivity contribution in [1.29, 1.82) is 0 Å². The molecule has 1 amide bonds. The van der Waals surface area contributed by atoms with Gasteiger partial charge in [0.15, 0.2) is 0 Å². The van der Waals surface area contributed by atoms with Gasteiger partial charge in [0.2, 0.25) is 0 Å². The molecule has 1 aromatic heterocycles. The van der Waals surface area contributed by atoms with Gasteiger partial charge in [-0.1, -0.05) is 18.2 Å². The maximum atomic E-state index is 13.4. The van der Waals surface area contributed by atoms with Crippen LogP contribution in [0.1, 0.15) is 32.2 Å². The van der Waals surface area contributed by atoms with Crippen LogP contribution in [0.15, 0.2) is 42.5 Å². The van der Waals surface area contributed by atoms with Crippen molar-refractivity contribution in [3.8, 4) is 17.0 Å². The number of benzene rings is 2. The second-order valence-corrected chi connectivity index (χ2v) is 6.78. The number of nitrogens with zero attached hydrogens (tertiary/aromatic N) is 2. The molecule has 29 heavy (non-hydrogen) atoms. The largest absolute Gasteiger partial charge is 0.496 e. The lowest BCUT2D eigenvalue weighted by molar-refractivity contribution is 0.0596. The first kappa shape index (κ1) is 18.7. The van der Waals surface area contributed by atoms with E-state index in [2.05, 4.69) is 9.97 Å². The number of hydrogen-bond donors (Lipinski definition) is 1. The molecule has 0 atom stereocenters. The van der Waals surface area contributed by atoms with E-state index >= 15 is 0 Å². The van der Waals surface area contributed by atoms with Gasteiger partial charge >= 0.3 is 5.97 Å². The smallest absolute Gasteiger partial charge is 0.341 e. The molecular weight excluding hydrogens is 370 g/mol. The minimum Gasteiger partial charge on any atom is -0.496 e. The van der Waals surface area contributed by atoms with Crippen LogP contribution in [0.4, 0.5) is 5.69 Å². The topological polar surface area (TPSA) is 84.5 Å². The van der Waals surface area contributed by atoms with Crippen LogP contribution < -0.4 is 9.64 Å². The highest BCUT2D eigenvalue weighted by Gasteiger charge is 2.27. The lowest BCUT2D eigenvalue weighted by atomic mass is 10.1. The van der Waals surface area contributed by atoms with Crippen molar-refractivity contribution in [2.24, 2.45) is 0 Å². The van der Waals surface area contributed by atoms with Crippen LogP contribution in [-0.4, -0.2) is 42.6 Å². The summed E-state index contributed by atoms with van der Waals surface area (Å²) in [6.07, 6.45) is 0.661. The minimum atomic E-state index is -0.513. The summed E-state index contributed by atoms with van der Waals surface area (Å²) in [5.74, 6) is 0.468. The zero-order valence-electron chi connectivity index (χ0n) is 16.5. The zero-order valence-corrected chi connectivity index (χ0v) is 16.5. The van der Waals surface area contributed by atoms with Crippen molar-refractivity contribution in [1.82, 2.24) is 9.97 Å². The number of ether oxygens (including phenoxy) is 2. The summed E-state index contributed by atoms with van der Waals surface area (Å²) >= 11 is 0. The van der Waals surface area contributed by atoms with E-state index in [1.54, 1.807) is 23.1 Å². The van der Waals surface area contributed by atoms with Gasteiger partial charge in [-0.15, -0.1) is 0 Å². The molecule has 0 saturated heterocycles. The third kappa shape index (κ3) is 3.24. The number of methoxy groups -OCH3 is 2. The van der Waals surface area contributed by atoms with Gasteiger partial charge in [0, 0.05) is 29.8 Å². The Kier molecular flexibility index (Phi) is 4.80. The lowest BCUT2D eigenvalue weighted by Gasteiger charge is -2.23. The third-order valence-corrected chi connectivity index (χ3v) is 5.03. The van der Waals surface area contributed by atoms with E-state index in [4.69, 9.17) is 9.47 Å². The molecule has 4 rings (SSSR count). The molecule has 1 aliphatic rings. The fourth-order valence-electron chi connectivity index (χ4n) is 3.67. The molecule has 2 heterocycles. The number of nitrogens with one attached hydrogen (secondary N) is 1. The van der Waals surface area contributed by atoms with Gasteiger partial charge in [-0.2, -0.15) is 0 Å². The molecule has 7 nitrogen and oxygen atoms in total. The summed E-state index contributed by atoms with van der Waals surface area (Å²) in [5.41, 5.74) is 4.32. The molecule has 1 N–H and O–H groups in total. The Morgan fingerprint density at radius 3 is 2.69 bits per heavy atom. The fraction of sp³-hybridized carbons (Fsp3) is 0.227. The maximum absolute atomic E-state index is 13.4. The molecule has 0 saturated carbocycles. The first-order chi connectivity index (χ1) is 14.0. The molecule has 0 radical (unpaired) electrons. The van der Waals surface area contributed by atoms with Crippen molar-refractivity contribution >= 4 is 17.6 Å². The Labute approximate surface area is 168 Å². The molecule has 2 aromatic carbocycles. The first-order valence-electron chi connectivity index (χ1n) is 9.26. The van der Waals surface area contributed by atoms with Gasteiger partial charge in [0.1, 0.15) is 17.1 Å². The van der Waals surface area contributed by atoms with Crippen molar-refractivity contribution in [3.05, 3.63) is 65.1 Å². The average molecular weight is 391 g/mol. The van der Waals surface area contributed by atoms with Crippen molar-refractivity contribution in [2.75, 3.05) is 25.7 Å². The Hall–Kier alpha value is -3.61. The van der Waals surface area contributed by atoms with Crippen molar-refractivity contribution < 1.29 is 19.1 Å². The number of fused-ring (bicyclic) bond motifs is 3. The van der Waals surface area contributed by atoms with E-state index in [9.17, 15) is 9.59 Å². The molecule has 3 aromatic rings. The maximum Gasteiger partial charge on any atom is 0.341 e. The number of para-hydroxylation sites is 1. The average Bonchev–Trinajstić information content (AvgIpc) is 3.06. The van der Waals surface area contributed by atoms with E-state index in [1.165, 1.54) is 14.2 Å². The number of H-pyrrole nitrogens is 1. The van der Waals surface area contributed by atoms with Crippen LogP contribution >= 0.6 is 0 Å². The van der Waals surface area contributed by atoms with Crippen LogP contribution in [0.2, 0.25) is 0 Å². The number of aryl methyl sites for hydroxylation is 1. The molecule has 0 bridgehead atoms. The van der Waals surface area contributed by atoms with Gasteiger partial charge < -0.3 is 19.4 Å². The number of aromatic amines is 1. The van der Waals surface area contributed by atoms with Gasteiger partial charge in [-0.3, -0.25) is 4.79 Å². The normalized spacial score (nSPS) is 12.6. The molecule has 0 aliphatic carbocycles. The Balaban J connectivity index is 1.75. The fourth-order valence-corrected chi connectivity index (χ4v) is 3.67. The summed E-state index contributed by atoms with van der Waals surface area (Å²) in [5, 5.41) is 0. The number of imidazole rings is 1. The number of esters is 1. The van der Waals surface area contributed by atoms with E-state index in [1.807, 2.05) is 31.2 Å². The summed E-state index contributed by atoms with van der Waals surface area (Å²) in [7, 11) is 2.76. The Morgan fingerprint density at radius 1 is 1.14 bits per heavy atom. The van der Waals surface area contributed by atoms with Gasteiger partial charge in [0.25, 0.3) is 5.91 Å². The lowest BCUT2D eigenvalue weighted by Crippen LogP contribution is -2.32. The van der Waals surface area contributed by atoms with Crippen molar-refractivity contribution in [3.63, 3.8) is 0 Å². The summed E-state index contributed by atoms with van der Waals surface area (Å²) in [4.78, 5) is 35.0. The van der Waals surface area contributed by atoms with Crippen LogP contribution in [0.5, 0.6) is 5.75 Å². The molecule has 7 heteroatoms. The Morgan fingerprint density at radius 2 is 1.93 bits per heavy atom. The van der Waals surface area contributed by atoms with Crippen LogP contribution in [-0.2, 0) is 11.2 Å². The monoisotopic (exact) mass is 391 g/mol. The summed E-state index contributed by atoms with van der Waals surface area (Å²) in [6.45, 7) is 2.43. The number of carbonyl (C=O) groups excluding carboxylic acids is 2. The van der Waals surface area contributed by atoms with Gasteiger partial charge in [-0.25, -0.2) is 9.78 Å². The predicted molar refractivity (Wildman–Crippen MR) is 108 cm³/mol. The molecule has 148 valence electrons. The third-order valence-electron chi connectivity index (χ3n) is 5.03. The van der Waals surface area contributed by atoms with Crippen molar-refractivity contribution in [2.45, 2.75) is 13.3 Å². The predicted octanol–water partition coefficient (Wildman–Crippen LogP) is 3.38. The highest BCUT2D eigenvalue weighted by molar-refractivity contribution is 6.09. The van der Waals surface area contributed by atoms with Crippen LogP contribution in [0.25, 0.3) is 11.3 Å². The number of hydrogen-bond acceptors (Lipinski definition) is 5. The number of carbonyl (C=O) groups is 2. The second-order valence-electron chi connectivity index (χ2n) is 6.78. The minimum absolute atomic E-state index is 0.172. The summed E-state index contributed by atoms with van der Waals surface area (Å²) in [6, 6.07) is 12.5. The number of rotatable bonds is 3. The van der Waals surface area contributed by atoms with E-state index in [-0.39, 0.29) is 11.5 Å². The van der Waals surface area contributed by atoms with Gasteiger partial charge in [-0.05, 0) is 31.2 Å². The van der Waals surface area contributed by atoms with Crippen LogP contribution in [0, 0.1) is 6.92 Å².